The predicted octanol–water partition coefficient (Wildman–Crippen LogP) is 3.79. The summed E-state index contributed by atoms with van der Waals surface area (Å²) in [6.07, 6.45) is 1.96. The monoisotopic (exact) mass is 500 g/mol. The molecule has 6 rings (SSSR count). The molecule has 2 amide bonds. The molecule has 2 aromatic heterocycles. The lowest BCUT2D eigenvalue weighted by Gasteiger charge is -2.34. The van der Waals surface area contributed by atoms with E-state index in [4.69, 9.17) is 21.1 Å². The summed E-state index contributed by atoms with van der Waals surface area (Å²) < 4.78 is 7.18. The molecule has 0 N–H and O–H groups in total. The summed E-state index contributed by atoms with van der Waals surface area (Å²) in [6, 6.07) is 12.3. The average Bonchev–Trinajstić information content (AvgIpc) is 3.49. The lowest BCUT2D eigenvalue weighted by molar-refractivity contribution is 0.0637. The first-order chi connectivity index (χ1) is 17.4. The molecule has 0 unspecified atom stereocenters. The van der Waals surface area contributed by atoms with Gasteiger partial charge in [-0.3, -0.25) is 14.3 Å². The van der Waals surface area contributed by atoms with Crippen LogP contribution in [-0.2, 0) is 26.1 Å². The average molecular weight is 501 g/mol. The molecule has 0 fully saturated rings. The molecule has 2 aliphatic rings. The Kier molecular flexibility index (Phi) is 5.27. The van der Waals surface area contributed by atoms with Gasteiger partial charge < -0.3 is 14.2 Å². The maximum atomic E-state index is 13.6. The van der Waals surface area contributed by atoms with E-state index in [1.807, 2.05) is 31.2 Å². The van der Waals surface area contributed by atoms with Gasteiger partial charge in [0.25, 0.3) is 11.8 Å². The summed E-state index contributed by atoms with van der Waals surface area (Å²) in [6.45, 7) is 3.81. The van der Waals surface area contributed by atoms with Gasteiger partial charge in [0.05, 0.1) is 29.4 Å². The lowest BCUT2D eigenvalue weighted by Crippen LogP contribution is -2.44. The highest BCUT2D eigenvalue weighted by Gasteiger charge is 2.37. The number of benzene rings is 2. The standard InChI is InChI=1S/C26H21ClN6O3/c1-15-8-22-19(13-32(15)25(34)17-3-4-20(27)18(10-17)11-28)24-26(35)31(6-7-33(24)30-22)12-16-2-5-21-23(9-16)36-14-29-21/h2-5,9-10,14-15H,6-8,12-13H2,1H3/t15-/m1/s1. The number of carbonyl (C=O) groups excluding carboxylic acids is 2. The van der Waals surface area contributed by atoms with E-state index in [1.54, 1.807) is 26.6 Å². The smallest absolute Gasteiger partial charge is 0.272 e. The zero-order valence-electron chi connectivity index (χ0n) is 19.4. The van der Waals surface area contributed by atoms with Crippen LogP contribution in [0.15, 0.2) is 47.2 Å². The van der Waals surface area contributed by atoms with Crippen LogP contribution < -0.4 is 0 Å². The highest BCUT2D eigenvalue weighted by molar-refractivity contribution is 6.31. The Bertz CT molecular complexity index is 1580. The topological polar surface area (TPSA) is 108 Å². The maximum Gasteiger partial charge on any atom is 0.272 e. The lowest BCUT2D eigenvalue weighted by atomic mass is 9.97. The first kappa shape index (κ1) is 22.3. The van der Waals surface area contributed by atoms with Crippen molar-refractivity contribution < 1.29 is 14.0 Å². The first-order valence-electron chi connectivity index (χ1n) is 11.6. The maximum absolute atomic E-state index is 13.6. The zero-order valence-corrected chi connectivity index (χ0v) is 20.2. The van der Waals surface area contributed by atoms with Crippen molar-refractivity contribution in [2.24, 2.45) is 0 Å². The molecule has 36 heavy (non-hydrogen) atoms. The van der Waals surface area contributed by atoms with Gasteiger partial charge in [0, 0.05) is 36.7 Å². The summed E-state index contributed by atoms with van der Waals surface area (Å²) in [5, 5.41) is 14.3. The molecule has 10 heteroatoms. The minimum Gasteiger partial charge on any atom is -0.443 e. The molecule has 0 saturated carbocycles. The van der Waals surface area contributed by atoms with Gasteiger partial charge in [-0.25, -0.2) is 4.98 Å². The van der Waals surface area contributed by atoms with E-state index in [2.05, 4.69) is 4.98 Å². The van der Waals surface area contributed by atoms with Crippen molar-refractivity contribution in [3.8, 4) is 6.07 Å². The van der Waals surface area contributed by atoms with Gasteiger partial charge in [0.1, 0.15) is 17.3 Å². The van der Waals surface area contributed by atoms with Crippen LogP contribution in [0.1, 0.15) is 50.2 Å². The molecule has 2 aliphatic heterocycles. The number of halogens is 1. The minimum atomic E-state index is -0.207. The molecule has 4 aromatic rings. The molecule has 0 spiro atoms. The number of carbonyl (C=O) groups is 2. The van der Waals surface area contributed by atoms with Crippen molar-refractivity contribution in [2.75, 3.05) is 6.54 Å². The number of hydrogen-bond acceptors (Lipinski definition) is 6. The normalized spacial score (nSPS) is 17.1. The second-order valence-corrected chi connectivity index (χ2v) is 9.58. The number of fused-ring (bicyclic) bond motifs is 4. The van der Waals surface area contributed by atoms with Crippen LogP contribution >= 0.6 is 11.6 Å². The van der Waals surface area contributed by atoms with E-state index in [9.17, 15) is 14.9 Å². The fraction of sp³-hybridized carbons (Fsp3) is 0.269. The number of aromatic nitrogens is 3. The Hall–Kier alpha value is -4.16. The third-order valence-corrected chi connectivity index (χ3v) is 7.25. The van der Waals surface area contributed by atoms with E-state index in [0.717, 1.165) is 22.3 Å². The van der Waals surface area contributed by atoms with Gasteiger partial charge in [0.2, 0.25) is 0 Å². The summed E-state index contributed by atoms with van der Waals surface area (Å²) >= 11 is 6.05. The van der Waals surface area contributed by atoms with Crippen LogP contribution in [0.5, 0.6) is 0 Å². The summed E-state index contributed by atoms with van der Waals surface area (Å²) in [7, 11) is 0. The fourth-order valence-corrected chi connectivity index (χ4v) is 5.17. The molecule has 180 valence electrons. The summed E-state index contributed by atoms with van der Waals surface area (Å²) in [5.41, 5.74) is 5.24. The molecule has 0 bridgehead atoms. The largest absolute Gasteiger partial charge is 0.443 e. The molecule has 9 nitrogen and oxygen atoms in total. The molecule has 0 radical (unpaired) electrons. The van der Waals surface area contributed by atoms with E-state index in [-0.39, 0.29) is 30.0 Å². The number of oxazole rings is 1. The van der Waals surface area contributed by atoms with Gasteiger partial charge in [-0.1, -0.05) is 17.7 Å². The molecular formula is C26H21ClN6O3. The van der Waals surface area contributed by atoms with Crippen molar-refractivity contribution in [3.05, 3.63) is 81.5 Å². The van der Waals surface area contributed by atoms with Crippen LogP contribution in [0.25, 0.3) is 11.1 Å². The Morgan fingerprint density at radius 3 is 2.94 bits per heavy atom. The molecular weight excluding hydrogens is 480 g/mol. The molecule has 4 heterocycles. The quantitative estimate of drug-likeness (QED) is 0.423. The Morgan fingerprint density at radius 2 is 2.11 bits per heavy atom. The fourth-order valence-electron chi connectivity index (χ4n) is 5.01. The van der Waals surface area contributed by atoms with Crippen molar-refractivity contribution in [1.29, 1.82) is 5.26 Å². The molecule has 1 atom stereocenters. The second kappa shape index (κ2) is 8.50. The minimum absolute atomic E-state index is 0.104. The van der Waals surface area contributed by atoms with Crippen LogP contribution in [0.2, 0.25) is 5.02 Å². The van der Waals surface area contributed by atoms with Crippen LogP contribution in [0, 0.1) is 11.3 Å². The molecule has 2 aromatic carbocycles. The predicted molar refractivity (Wildman–Crippen MR) is 130 cm³/mol. The Balaban J connectivity index is 1.28. The molecule has 0 saturated heterocycles. The number of hydrogen-bond donors (Lipinski definition) is 0. The Morgan fingerprint density at radius 1 is 1.25 bits per heavy atom. The highest BCUT2D eigenvalue weighted by atomic mass is 35.5. The van der Waals surface area contributed by atoms with Gasteiger partial charge in [0.15, 0.2) is 12.0 Å². The number of amides is 2. The van der Waals surface area contributed by atoms with Crippen LogP contribution in [-0.4, -0.2) is 49.0 Å². The van der Waals surface area contributed by atoms with E-state index in [1.165, 1.54) is 12.5 Å². The third kappa shape index (κ3) is 3.62. The number of rotatable bonds is 3. The van der Waals surface area contributed by atoms with E-state index < -0.39 is 0 Å². The van der Waals surface area contributed by atoms with Crippen molar-refractivity contribution in [3.63, 3.8) is 0 Å². The zero-order chi connectivity index (χ0) is 25.0. The van der Waals surface area contributed by atoms with Gasteiger partial charge >= 0.3 is 0 Å². The third-order valence-electron chi connectivity index (χ3n) is 6.92. The molecule has 0 aliphatic carbocycles. The Labute approximate surface area is 211 Å². The van der Waals surface area contributed by atoms with Gasteiger partial charge in [-0.05, 0) is 42.8 Å². The summed E-state index contributed by atoms with van der Waals surface area (Å²) in [5.74, 6) is -0.311. The van der Waals surface area contributed by atoms with E-state index in [0.29, 0.717) is 47.9 Å². The highest BCUT2D eigenvalue weighted by Crippen LogP contribution is 2.30. The van der Waals surface area contributed by atoms with Gasteiger partial charge in [-0.15, -0.1) is 0 Å². The SMILES string of the molecule is C[C@@H]1Cc2nn3c(c2CN1C(=O)c1ccc(Cl)c(C#N)c1)C(=O)N(Cc1ccc2ncoc2c1)CC3. The van der Waals surface area contributed by atoms with Gasteiger partial charge in [-0.2, -0.15) is 10.4 Å². The summed E-state index contributed by atoms with van der Waals surface area (Å²) in [4.78, 5) is 34.7. The van der Waals surface area contributed by atoms with Crippen molar-refractivity contribution in [2.45, 2.75) is 39.0 Å². The second-order valence-electron chi connectivity index (χ2n) is 9.17. The first-order valence-corrected chi connectivity index (χ1v) is 12.0. The van der Waals surface area contributed by atoms with Crippen molar-refractivity contribution in [1.82, 2.24) is 24.6 Å². The number of nitrogens with zero attached hydrogens (tertiary/aromatic N) is 6. The van der Waals surface area contributed by atoms with Crippen LogP contribution in [0.3, 0.4) is 0 Å². The van der Waals surface area contributed by atoms with Crippen LogP contribution in [0.4, 0.5) is 0 Å². The van der Waals surface area contributed by atoms with E-state index >= 15 is 0 Å². The number of nitriles is 1. The van der Waals surface area contributed by atoms with Crippen molar-refractivity contribution >= 4 is 34.5 Å².